The van der Waals surface area contributed by atoms with Gasteiger partial charge in [0.05, 0.1) is 10.0 Å². The summed E-state index contributed by atoms with van der Waals surface area (Å²) >= 11 is 11.7. The molecule has 1 nitrogen and oxygen atoms in total. The van der Waals surface area contributed by atoms with E-state index in [1.165, 1.54) is 0 Å². The van der Waals surface area contributed by atoms with Gasteiger partial charge in [-0.3, -0.25) is 0 Å². The van der Waals surface area contributed by atoms with E-state index < -0.39 is 0 Å². The third-order valence-corrected chi connectivity index (χ3v) is 2.77. The smallest absolute Gasteiger partial charge is 0.0598 e. The number of hydrogen-bond acceptors (Lipinski definition) is 0. The molecule has 0 aliphatic rings. The number of benzene rings is 1. The van der Waals surface area contributed by atoms with Gasteiger partial charge in [-0.25, -0.2) is 0 Å². The molecule has 0 fully saturated rings. The van der Waals surface area contributed by atoms with Gasteiger partial charge in [0, 0.05) is 12.4 Å². The Morgan fingerprint density at radius 3 is 2.40 bits per heavy atom. The summed E-state index contributed by atoms with van der Waals surface area (Å²) < 4.78 is 0. The molecule has 0 unspecified atom stereocenters. The van der Waals surface area contributed by atoms with E-state index in [2.05, 4.69) is 4.98 Å². The highest BCUT2D eigenvalue weighted by atomic mass is 35.5. The van der Waals surface area contributed by atoms with E-state index in [-0.39, 0.29) is 0 Å². The van der Waals surface area contributed by atoms with E-state index in [0.29, 0.717) is 10.0 Å². The standard InChI is InChI=1S/C12H9Cl2N/c13-11-4-3-9(7-12(11)14)1-2-10-5-6-15-8-10/h1-8,15H. The van der Waals surface area contributed by atoms with Crippen LogP contribution in [0.5, 0.6) is 0 Å². The second kappa shape index (κ2) is 4.56. The molecule has 76 valence electrons. The minimum Gasteiger partial charge on any atom is -0.367 e. The third kappa shape index (κ3) is 2.65. The van der Waals surface area contributed by atoms with Gasteiger partial charge in [-0.1, -0.05) is 41.4 Å². The second-order valence-corrected chi connectivity index (χ2v) is 3.97. The topological polar surface area (TPSA) is 15.8 Å². The number of H-pyrrole nitrogens is 1. The van der Waals surface area contributed by atoms with E-state index in [1.807, 2.05) is 42.7 Å². The highest BCUT2D eigenvalue weighted by molar-refractivity contribution is 6.42. The van der Waals surface area contributed by atoms with Crippen molar-refractivity contribution in [3.63, 3.8) is 0 Å². The summed E-state index contributed by atoms with van der Waals surface area (Å²) in [4.78, 5) is 2.99. The first kappa shape index (κ1) is 10.3. The van der Waals surface area contributed by atoms with Crippen LogP contribution in [-0.2, 0) is 0 Å². The van der Waals surface area contributed by atoms with E-state index in [1.54, 1.807) is 6.07 Å². The van der Waals surface area contributed by atoms with Gasteiger partial charge < -0.3 is 4.98 Å². The molecule has 2 rings (SSSR count). The predicted octanol–water partition coefficient (Wildman–Crippen LogP) is 4.49. The summed E-state index contributed by atoms with van der Waals surface area (Å²) in [5.41, 5.74) is 2.16. The molecule has 0 saturated carbocycles. The maximum Gasteiger partial charge on any atom is 0.0598 e. The number of halogens is 2. The third-order valence-electron chi connectivity index (χ3n) is 2.03. The van der Waals surface area contributed by atoms with Crippen molar-refractivity contribution in [2.45, 2.75) is 0 Å². The molecular formula is C12H9Cl2N. The van der Waals surface area contributed by atoms with Gasteiger partial charge in [0.1, 0.15) is 0 Å². The highest BCUT2D eigenvalue weighted by Crippen LogP contribution is 2.23. The molecule has 3 heteroatoms. The quantitative estimate of drug-likeness (QED) is 0.793. The fourth-order valence-corrected chi connectivity index (χ4v) is 1.56. The van der Waals surface area contributed by atoms with Crippen LogP contribution in [0.3, 0.4) is 0 Å². The van der Waals surface area contributed by atoms with Crippen LogP contribution in [0.15, 0.2) is 36.7 Å². The van der Waals surface area contributed by atoms with Gasteiger partial charge in [0.2, 0.25) is 0 Å². The van der Waals surface area contributed by atoms with Crippen molar-refractivity contribution in [1.82, 2.24) is 4.98 Å². The van der Waals surface area contributed by atoms with Crippen LogP contribution in [-0.4, -0.2) is 4.98 Å². The van der Waals surface area contributed by atoms with Crippen LogP contribution in [0.2, 0.25) is 10.0 Å². The van der Waals surface area contributed by atoms with Crippen LogP contribution in [0.1, 0.15) is 11.1 Å². The minimum atomic E-state index is 0.577. The zero-order valence-corrected chi connectivity index (χ0v) is 9.39. The Balaban J connectivity index is 2.21. The Kier molecular flexibility index (Phi) is 3.14. The lowest BCUT2D eigenvalue weighted by Crippen LogP contribution is -1.73. The number of aromatic amines is 1. The number of hydrogen-bond donors (Lipinski definition) is 1. The van der Waals surface area contributed by atoms with Crippen LogP contribution in [0.25, 0.3) is 12.2 Å². The molecule has 1 aromatic heterocycles. The zero-order valence-electron chi connectivity index (χ0n) is 7.87. The number of nitrogens with one attached hydrogen (secondary N) is 1. The van der Waals surface area contributed by atoms with Crippen molar-refractivity contribution in [3.8, 4) is 0 Å². The van der Waals surface area contributed by atoms with E-state index in [4.69, 9.17) is 23.2 Å². The summed E-state index contributed by atoms with van der Waals surface area (Å²) in [5, 5.41) is 1.16. The lowest BCUT2D eigenvalue weighted by molar-refractivity contribution is 1.41. The average Bonchev–Trinajstić information content (AvgIpc) is 2.73. The fraction of sp³-hybridized carbons (Fsp3) is 0. The van der Waals surface area contributed by atoms with Crippen molar-refractivity contribution in [2.24, 2.45) is 0 Å². The summed E-state index contributed by atoms with van der Waals surface area (Å²) in [5.74, 6) is 0. The molecule has 0 radical (unpaired) electrons. The highest BCUT2D eigenvalue weighted by Gasteiger charge is 1.96. The molecule has 0 atom stereocenters. The summed E-state index contributed by atoms with van der Waals surface area (Å²) in [6, 6.07) is 7.55. The lowest BCUT2D eigenvalue weighted by Gasteiger charge is -1.96. The van der Waals surface area contributed by atoms with E-state index in [0.717, 1.165) is 11.1 Å². The molecule has 1 aromatic carbocycles. The minimum absolute atomic E-state index is 0.577. The van der Waals surface area contributed by atoms with Crippen molar-refractivity contribution >= 4 is 35.4 Å². The van der Waals surface area contributed by atoms with E-state index >= 15 is 0 Å². The van der Waals surface area contributed by atoms with Gasteiger partial charge in [0.15, 0.2) is 0 Å². The largest absolute Gasteiger partial charge is 0.367 e. The zero-order chi connectivity index (χ0) is 10.7. The molecule has 0 spiro atoms. The van der Waals surface area contributed by atoms with Crippen LogP contribution in [0.4, 0.5) is 0 Å². The maximum atomic E-state index is 5.90. The molecule has 2 aromatic rings. The van der Waals surface area contributed by atoms with Crippen molar-refractivity contribution in [3.05, 3.63) is 57.8 Å². The fourth-order valence-electron chi connectivity index (χ4n) is 1.25. The Morgan fingerprint density at radius 2 is 1.73 bits per heavy atom. The molecule has 0 amide bonds. The monoisotopic (exact) mass is 237 g/mol. The van der Waals surface area contributed by atoms with Gasteiger partial charge in [-0.05, 0) is 29.3 Å². The first-order chi connectivity index (χ1) is 7.25. The number of aromatic nitrogens is 1. The molecule has 0 bridgehead atoms. The average molecular weight is 238 g/mol. The Labute approximate surface area is 98.3 Å². The molecule has 0 saturated heterocycles. The van der Waals surface area contributed by atoms with E-state index in [9.17, 15) is 0 Å². The Hall–Kier alpha value is -1.18. The van der Waals surface area contributed by atoms with Crippen LogP contribution in [0, 0.1) is 0 Å². The lowest BCUT2D eigenvalue weighted by atomic mass is 10.2. The molecule has 0 aliphatic carbocycles. The van der Waals surface area contributed by atoms with Gasteiger partial charge >= 0.3 is 0 Å². The molecule has 0 aliphatic heterocycles. The van der Waals surface area contributed by atoms with Crippen molar-refractivity contribution in [1.29, 1.82) is 0 Å². The Morgan fingerprint density at radius 1 is 0.933 bits per heavy atom. The molecule has 1 heterocycles. The normalized spacial score (nSPS) is 11.1. The summed E-state index contributed by atoms with van der Waals surface area (Å²) in [7, 11) is 0. The van der Waals surface area contributed by atoms with Gasteiger partial charge in [-0.2, -0.15) is 0 Å². The van der Waals surface area contributed by atoms with Crippen LogP contribution >= 0.6 is 23.2 Å². The summed E-state index contributed by atoms with van der Waals surface area (Å²) in [6.07, 6.45) is 7.81. The predicted molar refractivity (Wildman–Crippen MR) is 66.2 cm³/mol. The van der Waals surface area contributed by atoms with Gasteiger partial charge in [0.25, 0.3) is 0 Å². The second-order valence-electron chi connectivity index (χ2n) is 3.15. The SMILES string of the molecule is Clc1ccc(C=Cc2cc[nH]c2)cc1Cl. The van der Waals surface area contributed by atoms with Gasteiger partial charge in [-0.15, -0.1) is 0 Å². The first-order valence-electron chi connectivity index (χ1n) is 4.51. The maximum absolute atomic E-state index is 5.90. The first-order valence-corrected chi connectivity index (χ1v) is 5.27. The summed E-state index contributed by atoms with van der Waals surface area (Å²) in [6.45, 7) is 0. The molecule has 15 heavy (non-hydrogen) atoms. The van der Waals surface area contributed by atoms with Crippen molar-refractivity contribution in [2.75, 3.05) is 0 Å². The van der Waals surface area contributed by atoms with Crippen molar-refractivity contribution < 1.29 is 0 Å². The Bertz CT molecular complexity index is 472. The molecule has 1 N–H and O–H groups in total. The van der Waals surface area contributed by atoms with Crippen LogP contribution < -0.4 is 0 Å². The number of rotatable bonds is 2. The molecular weight excluding hydrogens is 229 g/mol.